The molecule has 0 bridgehead atoms. The van der Waals surface area contributed by atoms with E-state index in [1.807, 2.05) is 0 Å². The topological polar surface area (TPSA) is 88.3 Å². The van der Waals surface area contributed by atoms with Crippen LogP contribution in [0.1, 0.15) is 18.3 Å². The van der Waals surface area contributed by atoms with Gasteiger partial charge < -0.3 is 4.90 Å². The van der Waals surface area contributed by atoms with Gasteiger partial charge in [0.15, 0.2) is 0 Å². The molecule has 0 aliphatic carbocycles. The average Bonchev–Trinajstić information content (AvgIpc) is 2.90. The summed E-state index contributed by atoms with van der Waals surface area (Å²) in [6.45, 7) is 1.53. The molecule has 0 radical (unpaired) electrons. The van der Waals surface area contributed by atoms with Gasteiger partial charge in [-0.05, 0) is 24.1 Å². The Morgan fingerprint density at radius 1 is 1.27 bits per heavy atom. The molecule has 0 fully saturated rings. The van der Waals surface area contributed by atoms with Gasteiger partial charge in [-0.1, -0.05) is 6.92 Å². The first-order valence-electron chi connectivity index (χ1n) is 6.88. The number of benzene rings is 1. The van der Waals surface area contributed by atoms with Gasteiger partial charge in [0.25, 0.3) is 15.9 Å². The lowest BCUT2D eigenvalue weighted by Crippen LogP contribution is -2.16. The van der Waals surface area contributed by atoms with Crippen molar-refractivity contribution in [3.8, 4) is 5.69 Å². The number of nitrogens with zero attached hydrogens (tertiary/aromatic N) is 4. The molecule has 1 aromatic carbocycles. The molecule has 1 N–H and O–H groups in total. The monoisotopic (exact) mass is 402 g/mol. The van der Waals surface area contributed by atoms with Crippen molar-refractivity contribution in [2.75, 3.05) is 19.0 Å². The molecule has 0 amide bonds. The maximum absolute atomic E-state index is 14.4. The van der Waals surface area contributed by atoms with Crippen LogP contribution in [0, 0.1) is 5.82 Å². The van der Waals surface area contributed by atoms with E-state index in [9.17, 15) is 30.5 Å². The maximum atomic E-state index is 14.4. The van der Waals surface area contributed by atoms with Gasteiger partial charge in [-0.15, -0.1) is 5.10 Å². The Morgan fingerprint density at radius 2 is 1.85 bits per heavy atom. The highest BCUT2D eigenvalue weighted by molar-refractivity contribution is 7.85. The highest BCUT2D eigenvalue weighted by atomic mass is 32.2. The van der Waals surface area contributed by atoms with Crippen LogP contribution in [0.2, 0.25) is 0 Å². The second-order valence-electron chi connectivity index (χ2n) is 5.28. The van der Waals surface area contributed by atoms with Gasteiger partial charge in [-0.3, -0.25) is 9.26 Å². The van der Waals surface area contributed by atoms with E-state index >= 15 is 0 Å². The lowest BCUT2D eigenvalue weighted by molar-refractivity contribution is -0.144. The minimum absolute atomic E-state index is 0. The van der Waals surface area contributed by atoms with Crippen molar-refractivity contribution in [2.24, 2.45) is 0 Å². The van der Waals surface area contributed by atoms with Crippen LogP contribution in [0.15, 0.2) is 17.0 Å². The van der Waals surface area contributed by atoms with E-state index in [-0.39, 0.29) is 22.6 Å². The number of anilines is 1. The number of hydrogen-bond donors (Lipinski definition) is 1. The third-order valence-corrected chi connectivity index (χ3v) is 4.20. The summed E-state index contributed by atoms with van der Waals surface area (Å²) in [6, 6.07) is 1.55. The molecule has 146 valence electrons. The van der Waals surface area contributed by atoms with Crippen molar-refractivity contribution >= 4 is 16.1 Å². The van der Waals surface area contributed by atoms with Crippen molar-refractivity contribution in [3.63, 3.8) is 0 Å². The van der Waals surface area contributed by atoms with Crippen molar-refractivity contribution < 1.29 is 35.2 Å². The Morgan fingerprint density at radius 3 is 2.27 bits per heavy atom. The molecule has 1 heterocycles. The normalized spacial score (nSPS) is 12.0. The summed E-state index contributed by atoms with van der Waals surface area (Å²) in [4.78, 5) is 3.85. The summed E-state index contributed by atoms with van der Waals surface area (Å²) < 4.78 is 85.8. The number of aryl methyl sites for hydroxylation is 1. The van der Waals surface area contributed by atoms with Crippen LogP contribution < -0.4 is 4.90 Å². The Hall–Kier alpha value is -2.28. The summed E-state index contributed by atoms with van der Waals surface area (Å²) in [5.74, 6) is -2.88. The highest BCUT2D eigenvalue weighted by Crippen LogP contribution is 2.31. The number of aromatic nitrogens is 3. The lowest BCUT2D eigenvalue weighted by atomic mass is 10.1. The molecule has 0 aliphatic rings. The van der Waals surface area contributed by atoms with E-state index in [0.717, 1.165) is 17.0 Å². The zero-order valence-electron chi connectivity index (χ0n) is 13.7. The molecule has 0 spiro atoms. The Balaban J connectivity index is 0.00000338. The molecular formula is C13H15F5N4O3S. The number of hydrogen-bond acceptors (Lipinski definition) is 5. The fourth-order valence-corrected chi connectivity index (χ4v) is 2.93. The third-order valence-electron chi connectivity index (χ3n) is 3.26. The van der Waals surface area contributed by atoms with Crippen molar-refractivity contribution in [1.29, 1.82) is 0 Å². The lowest BCUT2D eigenvalue weighted by Gasteiger charge is -2.15. The second kappa shape index (κ2) is 7.15. The average molecular weight is 402 g/mol. The van der Waals surface area contributed by atoms with Crippen LogP contribution in [0.5, 0.6) is 0 Å². The molecular weight excluding hydrogens is 387 g/mol. The minimum atomic E-state index is -4.87. The van der Waals surface area contributed by atoms with E-state index < -0.39 is 38.5 Å². The van der Waals surface area contributed by atoms with Crippen LogP contribution >= 0.6 is 0 Å². The zero-order valence-corrected chi connectivity index (χ0v) is 14.6. The number of alkyl halides is 3. The molecule has 1 aromatic heterocycles. The summed E-state index contributed by atoms with van der Waals surface area (Å²) in [5.41, 5.74) is -0.608. The predicted octanol–water partition coefficient (Wildman–Crippen LogP) is 2.45. The van der Waals surface area contributed by atoms with E-state index in [1.54, 1.807) is 0 Å². The third kappa shape index (κ3) is 4.09. The first-order chi connectivity index (χ1) is 11.4. The molecule has 0 saturated heterocycles. The Bertz CT molecular complexity index is 909. The second-order valence-corrected chi connectivity index (χ2v) is 6.67. The van der Waals surface area contributed by atoms with Gasteiger partial charge in [0.1, 0.15) is 11.5 Å². The van der Waals surface area contributed by atoms with E-state index in [1.165, 1.54) is 21.0 Å². The minimum Gasteiger partial charge on any atom is -0.347 e. The largest absolute Gasteiger partial charge is 0.453 e. The molecule has 26 heavy (non-hydrogen) atoms. The summed E-state index contributed by atoms with van der Waals surface area (Å²) >= 11 is 0. The molecule has 2 aromatic rings. The molecule has 0 atom stereocenters. The molecule has 0 saturated carbocycles. The Kier molecular flexibility index (Phi) is 5.98. The van der Waals surface area contributed by atoms with Gasteiger partial charge in [0.2, 0.25) is 5.95 Å². The first kappa shape index (κ1) is 21.8. The first-order valence-corrected chi connectivity index (χ1v) is 8.32. The van der Waals surface area contributed by atoms with Gasteiger partial charge >= 0.3 is 6.18 Å². The quantitative estimate of drug-likeness (QED) is 0.624. The highest BCUT2D eigenvalue weighted by Gasteiger charge is 2.38. The van der Waals surface area contributed by atoms with E-state index in [0.29, 0.717) is 4.68 Å². The molecule has 0 unspecified atom stereocenters. The van der Waals surface area contributed by atoms with Crippen LogP contribution in [-0.4, -0.2) is 41.8 Å². The maximum Gasteiger partial charge on any atom is 0.453 e. The summed E-state index contributed by atoms with van der Waals surface area (Å²) in [5, 5.41) is 3.23. The number of halogens is 5. The smallest absolute Gasteiger partial charge is 0.347 e. The fourth-order valence-electron chi connectivity index (χ4n) is 2.14. The predicted molar refractivity (Wildman–Crippen MR) is 82.3 cm³/mol. The molecule has 0 aliphatic heterocycles. The van der Waals surface area contributed by atoms with Crippen molar-refractivity contribution in [1.82, 2.24) is 14.8 Å². The SMILES string of the molecule is CCc1cc(F)c(-n2nc(C(F)(F)F)nc2N(C)C)cc1S(=O)(=O)O.F. The molecule has 7 nitrogen and oxygen atoms in total. The Labute approximate surface area is 145 Å². The standard InChI is InChI=1S/C13H14F4N4O3S.FH/c1-4-7-5-8(14)9(6-10(7)25(22,23)24)21-12(20(2)3)18-11(19-21)13(15,16)17;/h5-6H,4H2,1-3H3,(H,22,23,24);1H. The van der Waals surface area contributed by atoms with Crippen molar-refractivity contribution in [2.45, 2.75) is 24.4 Å². The molecule has 13 heteroatoms. The van der Waals surface area contributed by atoms with Crippen molar-refractivity contribution in [3.05, 3.63) is 29.3 Å². The summed E-state index contributed by atoms with van der Waals surface area (Å²) in [6.07, 6.45) is -4.79. The number of rotatable bonds is 4. The van der Waals surface area contributed by atoms with Gasteiger partial charge in [-0.25, -0.2) is 4.39 Å². The molecule has 2 rings (SSSR count). The van der Waals surface area contributed by atoms with Gasteiger partial charge in [0.05, 0.1) is 4.90 Å². The fraction of sp³-hybridized carbons (Fsp3) is 0.385. The van der Waals surface area contributed by atoms with E-state index in [4.69, 9.17) is 0 Å². The van der Waals surface area contributed by atoms with Crippen LogP contribution in [0.4, 0.5) is 28.2 Å². The summed E-state index contributed by atoms with van der Waals surface area (Å²) in [7, 11) is -1.98. The van der Waals surface area contributed by atoms with Crippen LogP contribution in [0.25, 0.3) is 5.69 Å². The zero-order chi connectivity index (χ0) is 19.2. The van der Waals surface area contributed by atoms with E-state index in [2.05, 4.69) is 10.1 Å². The van der Waals surface area contributed by atoms with Gasteiger partial charge in [0, 0.05) is 14.1 Å². The van der Waals surface area contributed by atoms with Crippen LogP contribution in [-0.2, 0) is 22.7 Å². The van der Waals surface area contributed by atoms with Gasteiger partial charge in [-0.2, -0.15) is 31.3 Å². The van der Waals surface area contributed by atoms with Crippen LogP contribution in [0.3, 0.4) is 0 Å².